The molecule has 7 nitrogen and oxygen atoms in total. The molecule has 2 N–H and O–H groups in total. The summed E-state index contributed by atoms with van der Waals surface area (Å²) in [5.74, 6) is -1.24. The highest BCUT2D eigenvalue weighted by atomic mass is 16.3. The number of aliphatic hydroxyl groups is 1. The van der Waals surface area contributed by atoms with Crippen molar-refractivity contribution in [3.8, 4) is 0 Å². The molecule has 0 saturated heterocycles. The lowest BCUT2D eigenvalue weighted by Gasteiger charge is -2.41. The second-order valence-corrected chi connectivity index (χ2v) is 9.53. The van der Waals surface area contributed by atoms with Gasteiger partial charge in [0.05, 0.1) is 18.3 Å². The Hall–Kier alpha value is -3.45. The van der Waals surface area contributed by atoms with Crippen LogP contribution in [0.15, 0.2) is 66.9 Å². The Morgan fingerprint density at radius 1 is 0.971 bits per heavy atom. The van der Waals surface area contributed by atoms with Crippen LogP contribution in [0.1, 0.15) is 38.8 Å². The van der Waals surface area contributed by atoms with Gasteiger partial charge in [-0.2, -0.15) is 0 Å². The first-order valence-corrected chi connectivity index (χ1v) is 12.1. The topological polar surface area (TPSA) is 90.0 Å². The number of nitrogens with zero attached hydrogens (tertiary/aromatic N) is 2. The fourth-order valence-electron chi connectivity index (χ4n) is 4.26. The Balaban J connectivity index is 1.90. The van der Waals surface area contributed by atoms with E-state index in [0.717, 1.165) is 11.1 Å². The minimum Gasteiger partial charge on any atom is -0.394 e. The van der Waals surface area contributed by atoms with Crippen LogP contribution in [-0.4, -0.2) is 57.9 Å². The molecule has 0 bridgehead atoms. The van der Waals surface area contributed by atoms with Crippen LogP contribution in [0.3, 0.4) is 0 Å². The number of carbonyl (C=O) groups excluding carboxylic acids is 3. The summed E-state index contributed by atoms with van der Waals surface area (Å²) in [6.45, 7) is 6.97. The van der Waals surface area contributed by atoms with E-state index in [1.165, 1.54) is 9.80 Å². The molecular formula is C28H35N3O4. The zero-order chi connectivity index (χ0) is 25.5. The molecule has 0 aliphatic carbocycles. The first kappa shape index (κ1) is 26.2. The average Bonchev–Trinajstić information content (AvgIpc) is 2.84. The molecule has 1 aliphatic rings. The lowest BCUT2D eigenvalue weighted by atomic mass is 9.95. The number of rotatable bonds is 9. The fraction of sp³-hybridized carbons (Fsp3) is 0.393. The van der Waals surface area contributed by atoms with Crippen molar-refractivity contribution >= 4 is 23.4 Å². The predicted octanol–water partition coefficient (Wildman–Crippen LogP) is 3.06. The van der Waals surface area contributed by atoms with Crippen molar-refractivity contribution in [2.75, 3.05) is 13.2 Å². The van der Waals surface area contributed by atoms with E-state index in [4.69, 9.17) is 0 Å². The summed E-state index contributed by atoms with van der Waals surface area (Å²) in [5.41, 5.74) is 2.23. The van der Waals surface area contributed by atoms with E-state index < -0.39 is 12.1 Å². The number of aliphatic hydroxyl groups excluding tert-OH is 1. The van der Waals surface area contributed by atoms with Crippen LogP contribution in [0.25, 0.3) is 5.70 Å². The summed E-state index contributed by atoms with van der Waals surface area (Å²) in [6, 6.07) is 17.7. The quantitative estimate of drug-likeness (QED) is 0.581. The maximum atomic E-state index is 13.7. The number of hydrogen-bond acceptors (Lipinski definition) is 4. The number of carbonyl (C=O) groups is 3. The first-order chi connectivity index (χ1) is 16.7. The van der Waals surface area contributed by atoms with Crippen molar-refractivity contribution in [2.24, 2.45) is 11.8 Å². The molecule has 0 fully saturated rings. The maximum absolute atomic E-state index is 13.7. The molecule has 2 atom stereocenters. The van der Waals surface area contributed by atoms with Gasteiger partial charge in [-0.3, -0.25) is 19.3 Å². The molecular weight excluding hydrogens is 442 g/mol. The van der Waals surface area contributed by atoms with Gasteiger partial charge in [-0.25, -0.2) is 0 Å². The summed E-state index contributed by atoms with van der Waals surface area (Å²) in [7, 11) is 0. The molecule has 0 radical (unpaired) electrons. The zero-order valence-electron chi connectivity index (χ0n) is 20.8. The van der Waals surface area contributed by atoms with E-state index in [2.05, 4.69) is 5.32 Å². The van der Waals surface area contributed by atoms with E-state index >= 15 is 0 Å². The van der Waals surface area contributed by atoms with E-state index in [0.29, 0.717) is 12.1 Å². The molecule has 0 unspecified atom stereocenters. The van der Waals surface area contributed by atoms with Crippen molar-refractivity contribution in [3.05, 3.63) is 78.0 Å². The maximum Gasteiger partial charge on any atom is 0.250 e. The molecule has 0 saturated carbocycles. The number of benzene rings is 2. The molecule has 1 heterocycles. The number of nitrogens with one attached hydrogen (secondary N) is 1. The minimum atomic E-state index is -0.705. The molecule has 0 aromatic heterocycles. The zero-order valence-corrected chi connectivity index (χ0v) is 20.8. The van der Waals surface area contributed by atoms with Gasteiger partial charge in [0.25, 0.3) is 5.91 Å². The summed E-state index contributed by atoms with van der Waals surface area (Å²) in [4.78, 5) is 42.8. The van der Waals surface area contributed by atoms with Crippen molar-refractivity contribution in [1.82, 2.24) is 15.1 Å². The standard InChI is InChI=1S/C28H35N3O4/c1-19(2)26-28(35)30(17-25(33)29-23(18-32)15-21-11-7-5-8-12-21)24(22-13-9-6-10-14-22)16-31(26)27(34)20(3)4/h5-14,16,19-20,23,26,32H,15,17-18H2,1-4H3,(H,29,33)/t23-,26-/m0/s1. The van der Waals surface area contributed by atoms with Crippen LogP contribution >= 0.6 is 0 Å². The van der Waals surface area contributed by atoms with Crippen molar-refractivity contribution in [1.29, 1.82) is 0 Å². The molecule has 3 rings (SSSR count). The number of hydrogen-bond donors (Lipinski definition) is 2. The van der Waals surface area contributed by atoms with Gasteiger partial charge in [0.15, 0.2) is 0 Å². The van der Waals surface area contributed by atoms with Gasteiger partial charge in [0.2, 0.25) is 11.8 Å². The van der Waals surface area contributed by atoms with Gasteiger partial charge in [-0.1, -0.05) is 88.4 Å². The second-order valence-electron chi connectivity index (χ2n) is 9.53. The molecule has 0 spiro atoms. The average molecular weight is 478 g/mol. The van der Waals surface area contributed by atoms with Crippen molar-refractivity contribution < 1.29 is 19.5 Å². The number of amides is 3. The van der Waals surface area contributed by atoms with E-state index in [9.17, 15) is 19.5 Å². The van der Waals surface area contributed by atoms with E-state index in [1.54, 1.807) is 6.20 Å². The van der Waals surface area contributed by atoms with Crippen LogP contribution in [-0.2, 0) is 20.8 Å². The monoisotopic (exact) mass is 477 g/mol. The van der Waals surface area contributed by atoms with Crippen LogP contribution in [0, 0.1) is 11.8 Å². The largest absolute Gasteiger partial charge is 0.394 e. The van der Waals surface area contributed by atoms with Crippen molar-refractivity contribution in [3.63, 3.8) is 0 Å². The third-order valence-electron chi connectivity index (χ3n) is 6.03. The third kappa shape index (κ3) is 6.36. The van der Waals surface area contributed by atoms with Crippen molar-refractivity contribution in [2.45, 2.75) is 46.2 Å². The Labute approximate surface area is 207 Å². The minimum absolute atomic E-state index is 0.141. The Kier molecular flexibility index (Phi) is 8.82. The molecule has 2 aromatic carbocycles. The van der Waals surface area contributed by atoms with Gasteiger partial charge < -0.3 is 15.3 Å². The van der Waals surface area contributed by atoms with E-state index in [1.807, 2.05) is 88.4 Å². The van der Waals surface area contributed by atoms with Gasteiger partial charge in [0.1, 0.15) is 12.6 Å². The Bertz CT molecular complexity index is 1050. The summed E-state index contributed by atoms with van der Waals surface area (Å²) < 4.78 is 0. The summed E-state index contributed by atoms with van der Waals surface area (Å²) >= 11 is 0. The van der Waals surface area contributed by atoms with Gasteiger partial charge in [-0.05, 0) is 23.5 Å². The molecule has 1 aliphatic heterocycles. The van der Waals surface area contributed by atoms with Gasteiger partial charge in [-0.15, -0.1) is 0 Å². The second kappa shape index (κ2) is 11.8. The van der Waals surface area contributed by atoms with Crippen LogP contribution in [0.4, 0.5) is 0 Å². The van der Waals surface area contributed by atoms with Gasteiger partial charge in [0, 0.05) is 12.1 Å². The van der Waals surface area contributed by atoms with Crippen LogP contribution in [0.2, 0.25) is 0 Å². The smallest absolute Gasteiger partial charge is 0.250 e. The first-order valence-electron chi connectivity index (χ1n) is 12.1. The highest BCUT2D eigenvalue weighted by molar-refractivity contribution is 6.00. The highest BCUT2D eigenvalue weighted by Crippen LogP contribution is 2.30. The third-order valence-corrected chi connectivity index (χ3v) is 6.03. The van der Waals surface area contributed by atoms with Crippen LogP contribution in [0.5, 0.6) is 0 Å². The molecule has 3 amide bonds. The molecule has 35 heavy (non-hydrogen) atoms. The molecule has 186 valence electrons. The molecule has 7 heteroatoms. The van der Waals surface area contributed by atoms with Crippen LogP contribution < -0.4 is 5.32 Å². The Morgan fingerprint density at radius 3 is 2.11 bits per heavy atom. The lowest BCUT2D eigenvalue weighted by Crippen LogP contribution is -2.57. The normalized spacial score (nSPS) is 16.9. The predicted molar refractivity (Wildman–Crippen MR) is 136 cm³/mol. The lowest BCUT2D eigenvalue weighted by molar-refractivity contribution is -0.147. The summed E-state index contributed by atoms with van der Waals surface area (Å²) in [5, 5.41) is 12.7. The van der Waals surface area contributed by atoms with Gasteiger partial charge >= 0.3 is 0 Å². The summed E-state index contributed by atoms with van der Waals surface area (Å²) in [6.07, 6.45) is 2.17. The SMILES string of the molecule is CC(C)C(=O)N1C=C(c2ccccc2)N(CC(=O)N[C@H](CO)Cc2ccccc2)C(=O)[C@@H]1C(C)C. The highest BCUT2D eigenvalue weighted by Gasteiger charge is 2.41. The fourth-order valence-corrected chi connectivity index (χ4v) is 4.26. The van der Waals surface area contributed by atoms with E-state index in [-0.39, 0.29) is 42.7 Å². The molecule has 2 aromatic rings. The Morgan fingerprint density at radius 2 is 1.57 bits per heavy atom.